The van der Waals surface area contributed by atoms with Gasteiger partial charge in [-0.3, -0.25) is 0 Å². The highest BCUT2D eigenvalue weighted by molar-refractivity contribution is 6.27. The second kappa shape index (κ2) is 3.89. The lowest BCUT2D eigenvalue weighted by Crippen LogP contribution is -1.93. The highest BCUT2D eigenvalue weighted by Crippen LogP contribution is 2.45. The van der Waals surface area contributed by atoms with Crippen molar-refractivity contribution in [2.45, 2.75) is 0 Å². The van der Waals surface area contributed by atoms with E-state index in [2.05, 4.69) is 54.6 Å². The molecule has 1 aliphatic heterocycles. The van der Waals surface area contributed by atoms with Gasteiger partial charge in [0.1, 0.15) is 0 Å². The molecule has 0 N–H and O–H groups in total. The Balaban J connectivity index is 2.17. The first-order valence-corrected chi connectivity index (χ1v) is 7.05. The maximum atomic E-state index is 5.75. The van der Waals surface area contributed by atoms with Crippen LogP contribution in [-0.4, -0.2) is 6.79 Å². The Kier molecular flexibility index (Phi) is 2.03. The molecule has 0 saturated carbocycles. The van der Waals surface area contributed by atoms with Gasteiger partial charge in [0, 0.05) is 5.39 Å². The SMILES string of the molecule is c1ccc2c(c1)c1ccccc1c1c3c(ccc21)OCO3. The van der Waals surface area contributed by atoms with Crippen molar-refractivity contribution in [2.24, 2.45) is 0 Å². The van der Waals surface area contributed by atoms with E-state index in [1.807, 2.05) is 6.07 Å². The minimum absolute atomic E-state index is 0.301. The molecule has 1 aliphatic rings. The summed E-state index contributed by atoms with van der Waals surface area (Å²) in [7, 11) is 0. The zero-order chi connectivity index (χ0) is 13.8. The average molecular weight is 272 g/mol. The van der Waals surface area contributed by atoms with Gasteiger partial charge in [0.25, 0.3) is 0 Å². The molecule has 0 amide bonds. The van der Waals surface area contributed by atoms with Gasteiger partial charge < -0.3 is 9.47 Å². The third kappa shape index (κ3) is 1.37. The molecule has 21 heavy (non-hydrogen) atoms. The van der Waals surface area contributed by atoms with Crippen LogP contribution < -0.4 is 9.47 Å². The molecule has 0 radical (unpaired) electrons. The molecule has 4 aromatic carbocycles. The Morgan fingerprint density at radius 3 is 1.86 bits per heavy atom. The summed E-state index contributed by atoms with van der Waals surface area (Å²) >= 11 is 0. The second-order valence-corrected chi connectivity index (χ2v) is 5.31. The van der Waals surface area contributed by atoms with E-state index < -0.39 is 0 Å². The average Bonchev–Trinajstić information content (AvgIpc) is 3.03. The molecule has 2 heteroatoms. The number of benzene rings is 4. The van der Waals surface area contributed by atoms with Crippen LogP contribution >= 0.6 is 0 Å². The zero-order valence-electron chi connectivity index (χ0n) is 11.3. The third-order valence-corrected chi connectivity index (χ3v) is 4.24. The minimum Gasteiger partial charge on any atom is -0.454 e. The summed E-state index contributed by atoms with van der Waals surface area (Å²) in [6, 6.07) is 21.2. The van der Waals surface area contributed by atoms with E-state index in [1.165, 1.54) is 26.9 Å². The molecule has 4 aromatic rings. The fourth-order valence-corrected chi connectivity index (χ4v) is 3.35. The van der Waals surface area contributed by atoms with E-state index in [1.54, 1.807) is 0 Å². The number of hydrogen-bond acceptors (Lipinski definition) is 2. The lowest BCUT2D eigenvalue weighted by atomic mass is 9.94. The van der Waals surface area contributed by atoms with Gasteiger partial charge in [-0.2, -0.15) is 0 Å². The summed E-state index contributed by atoms with van der Waals surface area (Å²) in [6.07, 6.45) is 0. The Labute approximate surface area is 121 Å². The number of fused-ring (bicyclic) bond motifs is 8. The monoisotopic (exact) mass is 272 g/mol. The van der Waals surface area contributed by atoms with Crippen molar-refractivity contribution >= 4 is 32.3 Å². The van der Waals surface area contributed by atoms with Gasteiger partial charge in [-0.05, 0) is 39.1 Å². The number of ether oxygens (including phenoxy) is 2. The second-order valence-electron chi connectivity index (χ2n) is 5.31. The highest BCUT2D eigenvalue weighted by atomic mass is 16.7. The molecule has 0 aromatic heterocycles. The van der Waals surface area contributed by atoms with Crippen LogP contribution in [0.1, 0.15) is 0 Å². The standard InChI is InChI=1S/C19H12O2/c1-2-7-14-12(5-1)13-6-3-4-8-15(13)18-16(14)9-10-17-19(18)21-11-20-17/h1-10H,11H2. The largest absolute Gasteiger partial charge is 0.454 e. The first-order valence-electron chi connectivity index (χ1n) is 7.05. The Morgan fingerprint density at radius 1 is 0.571 bits per heavy atom. The minimum atomic E-state index is 0.301. The van der Waals surface area contributed by atoms with Crippen molar-refractivity contribution in [2.75, 3.05) is 6.79 Å². The van der Waals surface area contributed by atoms with Crippen molar-refractivity contribution in [1.29, 1.82) is 0 Å². The summed E-state index contributed by atoms with van der Waals surface area (Å²) in [5.74, 6) is 1.71. The maximum absolute atomic E-state index is 5.75. The molecular formula is C19H12O2. The summed E-state index contributed by atoms with van der Waals surface area (Å²) in [6.45, 7) is 0.301. The van der Waals surface area contributed by atoms with Gasteiger partial charge in [0.15, 0.2) is 11.5 Å². The predicted octanol–water partition coefficient (Wildman–Crippen LogP) is 4.87. The van der Waals surface area contributed by atoms with Crippen LogP contribution in [0.5, 0.6) is 11.5 Å². The van der Waals surface area contributed by atoms with Gasteiger partial charge in [-0.15, -0.1) is 0 Å². The van der Waals surface area contributed by atoms with Crippen molar-refractivity contribution in [3.63, 3.8) is 0 Å². The normalized spacial score (nSPS) is 13.3. The molecule has 0 aliphatic carbocycles. The fourth-order valence-electron chi connectivity index (χ4n) is 3.35. The van der Waals surface area contributed by atoms with E-state index in [-0.39, 0.29) is 0 Å². The zero-order valence-corrected chi connectivity index (χ0v) is 11.3. The van der Waals surface area contributed by atoms with Crippen LogP contribution in [0.15, 0.2) is 60.7 Å². The Morgan fingerprint density at radius 2 is 1.14 bits per heavy atom. The quantitative estimate of drug-likeness (QED) is 0.425. The van der Waals surface area contributed by atoms with Crippen LogP contribution in [0.4, 0.5) is 0 Å². The predicted molar refractivity (Wildman–Crippen MR) is 85.1 cm³/mol. The molecule has 5 rings (SSSR count). The summed E-state index contributed by atoms with van der Waals surface area (Å²) in [5.41, 5.74) is 0. The highest BCUT2D eigenvalue weighted by Gasteiger charge is 2.20. The van der Waals surface area contributed by atoms with Crippen LogP contribution in [0.25, 0.3) is 32.3 Å². The lowest BCUT2D eigenvalue weighted by molar-refractivity contribution is 0.175. The van der Waals surface area contributed by atoms with E-state index in [9.17, 15) is 0 Å². The number of hydrogen-bond donors (Lipinski definition) is 0. The van der Waals surface area contributed by atoms with Crippen LogP contribution in [0, 0.1) is 0 Å². The first-order chi connectivity index (χ1) is 10.4. The van der Waals surface area contributed by atoms with Gasteiger partial charge in [0.2, 0.25) is 6.79 Å². The molecule has 0 saturated heterocycles. The maximum Gasteiger partial charge on any atom is 0.231 e. The molecule has 1 heterocycles. The fraction of sp³-hybridized carbons (Fsp3) is 0.0526. The van der Waals surface area contributed by atoms with Crippen molar-refractivity contribution in [3.05, 3.63) is 60.7 Å². The summed E-state index contributed by atoms with van der Waals surface area (Å²) < 4.78 is 11.3. The van der Waals surface area contributed by atoms with Crippen molar-refractivity contribution in [1.82, 2.24) is 0 Å². The molecule has 0 bridgehead atoms. The summed E-state index contributed by atoms with van der Waals surface area (Å²) in [5, 5.41) is 7.37. The smallest absolute Gasteiger partial charge is 0.231 e. The molecule has 2 nitrogen and oxygen atoms in total. The van der Waals surface area contributed by atoms with Gasteiger partial charge in [-0.25, -0.2) is 0 Å². The Hall–Kier alpha value is -2.74. The van der Waals surface area contributed by atoms with Gasteiger partial charge >= 0.3 is 0 Å². The third-order valence-electron chi connectivity index (χ3n) is 4.24. The van der Waals surface area contributed by atoms with Crippen LogP contribution in [0.2, 0.25) is 0 Å². The number of rotatable bonds is 0. The molecule has 0 spiro atoms. The Bertz CT molecular complexity index is 983. The topological polar surface area (TPSA) is 18.5 Å². The van der Waals surface area contributed by atoms with E-state index in [0.717, 1.165) is 16.9 Å². The molecule has 0 unspecified atom stereocenters. The van der Waals surface area contributed by atoms with E-state index >= 15 is 0 Å². The van der Waals surface area contributed by atoms with Crippen molar-refractivity contribution < 1.29 is 9.47 Å². The molecule has 0 fully saturated rings. The van der Waals surface area contributed by atoms with E-state index in [0.29, 0.717) is 6.79 Å². The van der Waals surface area contributed by atoms with Gasteiger partial charge in [-0.1, -0.05) is 48.5 Å². The van der Waals surface area contributed by atoms with Gasteiger partial charge in [0.05, 0.1) is 0 Å². The van der Waals surface area contributed by atoms with Crippen LogP contribution in [0.3, 0.4) is 0 Å². The van der Waals surface area contributed by atoms with E-state index in [4.69, 9.17) is 9.47 Å². The molecule has 100 valence electrons. The first kappa shape index (κ1) is 11.0. The van der Waals surface area contributed by atoms with Crippen molar-refractivity contribution in [3.8, 4) is 11.5 Å². The van der Waals surface area contributed by atoms with Crippen LogP contribution in [-0.2, 0) is 0 Å². The molecule has 0 atom stereocenters. The summed E-state index contributed by atoms with van der Waals surface area (Å²) in [4.78, 5) is 0. The lowest BCUT2D eigenvalue weighted by Gasteiger charge is -2.11. The molecular weight excluding hydrogens is 260 g/mol.